The molecule has 2 saturated heterocycles. The lowest BCUT2D eigenvalue weighted by molar-refractivity contribution is -0.129. The van der Waals surface area contributed by atoms with E-state index >= 15 is 0 Å². The van der Waals surface area contributed by atoms with Crippen LogP contribution in [-0.4, -0.2) is 55.7 Å². The smallest absolute Gasteiger partial charge is 0.247 e. The molecule has 0 saturated carbocycles. The molecule has 26 heavy (non-hydrogen) atoms. The molecule has 0 N–H and O–H groups in total. The summed E-state index contributed by atoms with van der Waals surface area (Å²) in [6, 6.07) is 4.48. The molecule has 2 bridgehead atoms. The number of benzene rings is 1. The molecule has 1 amide bonds. The molecule has 2 unspecified atom stereocenters. The third-order valence-electron chi connectivity index (χ3n) is 5.38. The summed E-state index contributed by atoms with van der Waals surface area (Å²) in [6.07, 6.45) is 10.2. The Morgan fingerprint density at radius 2 is 1.65 bits per heavy atom. The van der Waals surface area contributed by atoms with Gasteiger partial charge in [-0.05, 0) is 55.7 Å². The number of rotatable bonds is 6. The van der Waals surface area contributed by atoms with Gasteiger partial charge in [-0.25, -0.2) is 0 Å². The third kappa shape index (κ3) is 3.65. The van der Waals surface area contributed by atoms with E-state index in [9.17, 15) is 4.79 Å². The van der Waals surface area contributed by atoms with Gasteiger partial charge >= 0.3 is 0 Å². The summed E-state index contributed by atoms with van der Waals surface area (Å²) in [5, 5.41) is 0.690. The van der Waals surface area contributed by atoms with Crippen LogP contribution in [0.4, 0.5) is 0 Å². The molecule has 3 rings (SSSR count). The van der Waals surface area contributed by atoms with Crippen molar-refractivity contribution in [3.8, 4) is 17.2 Å². The number of carbonyl (C=O) groups is 1. The maximum absolute atomic E-state index is 12.8. The molecule has 0 aliphatic carbocycles. The first-order chi connectivity index (χ1) is 12.6. The van der Waals surface area contributed by atoms with Gasteiger partial charge in [-0.1, -0.05) is 0 Å². The largest absolute Gasteiger partial charge is 0.493 e. The fraction of sp³-hybridized carbons (Fsp3) is 0.550. The molecule has 1 aromatic rings. The summed E-state index contributed by atoms with van der Waals surface area (Å²) >= 11 is 1.93. The van der Waals surface area contributed by atoms with Gasteiger partial charge in [0.1, 0.15) is 0 Å². The average Bonchev–Trinajstić information content (AvgIpc) is 2.94. The van der Waals surface area contributed by atoms with Gasteiger partial charge in [0, 0.05) is 23.4 Å². The van der Waals surface area contributed by atoms with Crippen molar-refractivity contribution in [2.24, 2.45) is 0 Å². The van der Waals surface area contributed by atoms with Gasteiger partial charge in [-0.15, -0.1) is 0 Å². The number of methoxy groups -OCH3 is 3. The van der Waals surface area contributed by atoms with Gasteiger partial charge in [0.25, 0.3) is 0 Å². The number of amides is 1. The Labute approximate surface area is 159 Å². The molecule has 0 radical (unpaired) electrons. The van der Waals surface area contributed by atoms with E-state index in [2.05, 4.69) is 11.2 Å². The highest BCUT2D eigenvalue weighted by Gasteiger charge is 2.42. The first kappa shape index (κ1) is 19.0. The fourth-order valence-electron chi connectivity index (χ4n) is 4.13. The molecule has 6 heteroatoms. The molecule has 2 aliphatic heterocycles. The van der Waals surface area contributed by atoms with Crippen LogP contribution in [0.1, 0.15) is 31.2 Å². The number of hydrogen-bond acceptors (Lipinski definition) is 5. The van der Waals surface area contributed by atoms with E-state index in [4.69, 9.17) is 14.2 Å². The number of thioether (sulfide) groups is 1. The van der Waals surface area contributed by atoms with Gasteiger partial charge in [-0.2, -0.15) is 11.8 Å². The monoisotopic (exact) mass is 377 g/mol. The lowest BCUT2D eigenvalue weighted by atomic mass is 10.0. The number of piperidine rings is 1. The van der Waals surface area contributed by atoms with Crippen molar-refractivity contribution in [3.63, 3.8) is 0 Å². The lowest BCUT2D eigenvalue weighted by Gasteiger charge is -2.37. The van der Waals surface area contributed by atoms with Crippen LogP contribution in [0, 0.1) is 0 Å². The molecule has 0 aromatic heterocycles. The van der Waals surface area contributed by atoms with Crippen LogP contribution in [-0.2, 0) is 4.79 Å². The molecule has 142 valence electrons. The zero-order valence-corrected chi connectivity index (χ0v) is 16.7. The Kier molecular flexibility index (Phi) is 6.01. The minimum absolute atomic E-state index is 0.103. The van der Waals surface area contributed by atoms with Crippen LogP contribution in [0.2, 0.25) is 0 Å². The van der Waals surface area contributed by atoms with E-state index in [-0.39, 0.29) is 5.91 Å². The second kappa shape index (κ2) is 8.25. The SMILES string of the molecule is COc1cc(C=CC(=O)N2C3CCC2CC(SC)C3)cc(OC)c1OC. The first-order valence-electron chi connectivity index (χ1n) is 8.94. The van der Waals surface area contributed by atoms with Gasteiger partial charge in [0.05, 0.1) is 21.3 Å². The maximum atomic E-state index is 12.8. The van der Waals surface area contributed by atoms with Crippen LogP contribution < -0.4 is 14.2 Å². The van der Waals surface area contributed by atoms with E-state index in [0.29, 0.717) is 34.6 Å². The second-order valence-electron chi connectivity index (χ2n) is 6.75. The predicted octanol–water partition coefficient (Wildman–Crippen LogP) is 3.61. The van der Waals surface area contributed by atoms with E-state index < -0.39 is 0 Å². The van der Waals surface area contributed by atoms with Crippen molar-refractivity contribution >= 4 is 23.7 Å². The van der Waals surface area contributed by atoms with Crippen molar-refractivity contribution in [1.82, 2.24) is 4.90 Å². The van der Waals surface area contributed by atoms with Crippen molar-refractivity contribution in [2.75, 3.05) is 27.6 Å². The minimum Gasteiger partial charge on any atom is -0.493 e. The molecular weight excluding hydrogens is 350 g/mol. The summed E-state index contributed by atoms with van der Waals surface area (Å²) in [5.74, 6) is 1.82. The first-order valence-corrected chi connectivity index (χ1v) is 10.2. The summed E-state index contributed by atoms with van der Waals surface area (Å²) in [4.78, 5) is 14.9. The Bertz CT molecular complexity index is 651. The Balaban J connectivity index is 1.77. The maximum Gasteiger partial charge on any atom is 0.247 e. The lowest BCUT2D eigenvalue weighted by Crippen LogP contribution is -2.46. The van der Waals surface area contributed by atoms with Crippen molar-refractivity contribution < 1.29 is 19.0 Å². The van der Waals surface area contributed by atoms with Crippen LogP contribution in [0.15, 0.2) is 18.2 Å². The summed E-state index contributed by atoms with van der Waals surface area (Å²) < 4.78 is 16.1. The standard InChI is InChI=1S/C20H27NO4S/c1-23-17-9-13(10-18(24-2)20(17)25-3)5-8-19(22)21-14-6-7-15(21)12-16(11-14)26-4/h5,8-10,14-16H,6-7,11-12H2,1-4H3. The predicted molar refractivity (Wildman–Crippen MR) is 105 cm³/mol. The molecule has 2 aliphatic rings. The van der Waals surface area contributed by atoms with Crippen LogP contribution in [0.25, 0.3) is 6.08 Å². The van der Waals surface area contributed by atoms with Crippen molar-refractivity contribution in [3.05, 3.63) is 23.8 Å². The van der Waals surface area contributed by atoms with E-state index in [0.717, 1.165) is 31.2 Å². The molecule has 1 aromatic carbocycles. The van der Waals surface area contributed by atoms with Crippen molar-refractivity contribution in [1.29, 1.82) is 0 Å². The number of hydrogen-bond donors (Lipinski definition) is 0. The van der Waals surface area contributed by atoms with Gasteiger partial charge in [-0.3, -0.25) is 4.79 Å². The molecule has 2 atom stereocenters. The molecule has 5 nitrogen and oxygen atoms in total. The van der Waals surface area contributed by atoms with Crippen molar-refractivity contribution in [2.45, 2.75) is 43.0 Å². The number of fused-ring (bicyclic) bond motifs is 2. The highest BCUT2D eigenvalue weighted by atomic mass is 32.2. The van der Waals surface area contributed by atoms with Gasteiger partial charge < -0.3 is 19.1 Å². The third-order valence-corrected chi connectivity index (χ3v) is 6.43. The average molecular weight is 378 g/mol. The molecule has 2 heterocycles. The zero-order valence-electron chi connectivity index (χ0n) is 15.9. The van der Waals surface area contributed by atoms with E-state index in [1.807, 2.05) is 30.0 Å². The van der Waals surface area contributed by atoms with E-state index in [1.165, 1.54) is 0 Å². The number of nitrogens with zero attached hydrogens (tertiary/aromatic N) is 1. The summed E-state index contributed by atoms with van der Waals surface area (Å²) in [5.41, 5.74) is 0.846. The number of carbonyl (C=O) groups excluding carboxylic acids is 1. The second-order valence-corrected chi connectivity index (χ2v) is 7.89. The Hall–Kier alpha value is -1.82. The summed E-state index contributed by atoms with van der Waals surface area (Å²) in [6.45, 7) is 0. The highest BCUT2D eigenvalue weighted by Crippen LogP contribution is 2.40. The van der Waals surface area contributed by atoms with Gasteiger partial charge in [0.2, 0.25) is 11.7 Å². The highest BCUT2D eigenvalue weighted by molar-refractivity contribution is 7.99. The quantitative estimate of drug-likeness (QED) is 0.709. The topological polar surface area (TPSA) is 48.0 Å². The minimum atomic E-state index is 0.103. The molecular formula is C20H27NO4S. The van der Waals surface area contributed by atoms with Gasteiger partial charge in [0.15, 0.2) is 11.5 Å². The van der Waals surface area contributed by atoms with E-state index in [1.54, 1.807) is 27.4 Å². The molecule has 0 spiro atoms. The van der Waals surface area contributed by atoms with Crippen LogP contribution >= 0.6 is 11.8 Å². The molecule has 2 fully saturated rings. The zero-order chi connectivity index (χ0) is 18.7. The van der Waals surface area contributed by atoms with Crippen LogP contribution in [0.3, 0.4) is 0 Å². The van der Waals surface area contributed by atoms with Crippen LogP contribution in [0.5, 0.6) is 17.2 Å². The fourth-order valence-corrected chi connectivity index (χ4v) is 4.96. The Morgan fingerprint density at radius 1 is 1.08 bits per heavy atom. The normalized spacial score (nSPS) is 24.8. The Morgan fingerprint density at radius 3 is 2.12 bits per heavy atom. The number of ether oxygens (including phenoxy) is 3. The summed E-state index contributed by atoms with van der Waals surface area (Å²) in [7, 11) is 4.75.